The molecular formula is C15H21NO5. The van der Waals surface area contributed by atoms with Crippen LogP contribution in [-0.4, -0.2) is 37.2 Å². The number of hydrogen-bond donors (Lipinski definition) is 2. The molecule has 1 amide bonds. The SMILES string of the molecule is CCCOc1ccc(CCC(=O)NCC(=O)O)cc1OC. The second kappa shape index (κ2) is 8.84. The molecule has 1 aromatic carbocycles. The van der Waals surface area contributed by atoms with Gasteiger partial charge in [-0.05, 0) is 30.5 Å². The fourth-order valence-corrected chi connectivity index (χ4v) is 1.72. The number of methoxy groups -OCH3 is 1. The number of amides is 1. The Balaban J connectivity index is 2.55. The van der Waals surface area contributed by atoms with Gasteiger partial charge in [0.05, 0.1) is 13.7 Å². The Kier molecular flexibility index (Phi) is 7.08. The number of carboxylic acid groups (broad SMARTS) is 1. The molecule has 0 bridgehead atoms. The Morgan fingerprint density at radius 1 is 1.29 bits per heavy atom. The van der Waals surface area contributed by atoms with Crippen molar-refractivity contribution in [3.05, 3.63) is 23.8 Å². The van der Waals surface area contributed by atoms with Crippen molar-refractivity contribution in [2.24, 2.45) is 0 Å². The van der Waals surface area contributed by atoms with Crippen molar-refractivity contribution in [3.63, 3.8) is 0 Å². The normalized spacial score (nSPS) is 10.0. The number of carbonyl (C=O) groups excluding carboxylic acids is 1. The van der Waals surface area contributed by atoms with E-state index in [1.54, 1.807) is 7.11 Å². The smallest absolute Gasteiger partial charge is 0.322 e. The maximum atomic E-state index is 11.5. The zero-order chi connectivity index (χ0) is 15.7. The van der Waals surface area contributed by atoms with E-state index in [-0.39, 0.29) is 18.9 Å². The number of aliphatic carboxylic acids is 1. The number of benzene rings is 1. The molecule has 0 aliphatic carbocycles. The summed E-state index contributed by atoms with van der Waals surface area (Å²) in [6, 6.07) is 5.52. The van der Waals surface area contributed by atoms with Crippen LogP contribution in [0.3, 0.4) is 0 Å². The summed E-state index contributed by atoms with van der Waals surface area (Å²) in [4.78, 5) is 21.8. The standard InChI is InChI=1S/C15H21NO5/c1-3-8-21-12-6-4-11(9-13(12)20-2)5-7-14(17)16-10-15(18)19/h4,6,9H,3,5,7-8,10H2,1-2H3,(H,16,17)(H,18,19). The first-order chi connectivity index (χ1) is 10.1. The van der Waals surface area contributed by atoms with Crippen LogP contribution >= 0.6 is 0 Å². The van der Waals surface area contributed by atoms with E-state index in [4.69, 9.17) is 14.6 Å². The number of carbonyl (C=O) groups is 2. The summed E-state index contributed by atoms with van der Waals surface area (Å²) in [7, 11) is 1.57. The average molecular weight is 295 g/mol. The highest BCUT2D eigenvalue weighted by molar-refractivity contribution is 5.81. The van der Waals surface area contributed by atoms with Crippen LogP contribution in [0.1, 0.15) is 25.3 Å². The molecule has 1 rings (SSSR count). The molecule has 0 aliphatic rings. The summed E-state index contributed by atoms with van der Waals surface area (Å²) in [5.74, 6) is -0.0320. The first-order valence-electron chi connectivity index (χ1n) is 6.85. The molecule has 6 heteroatoms. The van der Waals surface area contributed by atoms with Crippen molar-refractivity contribution >= 4 is 11.9 Å². The lowest BCUT2D eigenvalue weighted by Crippen LogP contribution is -2.29. The predicted octanol–water partition coefficient (Wildman–Crippen LogP) is 1.62. The quantitative estimate of drug-likeness (QED) is 0.723. The van der Waals surface area contributed by atoms with Gasteiger partial charge in [0.15, 0.2) is 11.5 Å². The number of carboxylic acids is 1. The molecule has 6 nitrogen and oxygen atoms in total. The summed E-state index contributed by atoms with van der Waals surface area (Å²) in [5.41, 5.74) is 0.932. The molecule has 0 saturated carbocycles. The van der Waals surface area contributed by atoms with E-state index < -0.39 is 5.97 Å². The minimum atomic E-state index is -1.05. The third kappa shape index (κ3) is 6.16. The maximum absolute atomic E-state index is 11.5. The van der Waals surface area contributed by atoms with Gasteiger partial charge in [0.2, 0.25) is 5.91 Å². The lowest BCUT2D eigenvalue weighted by molar-refractivity contribution is -0.137. The zero-order valence-electron chi connectivity index (χ0n) is 12.3. The van der Waals surface area contributed by atoms with Crippen LogP contribution in [0.4, 0.5) is 0 Å². The fraction of sp³-hybridized carbons (Fsp3) is 0.467. The lowest BCUT2D eigenvalue weighted by atomic mass is 10.1. The first-order valence-corrected chi connectivity index (χ1v) is 6.85. The molecule has 0 spiro atoms. The number of hydrogen-bond acceptors (Lipinski definition) is 4. The molecular weight excluding hydrogens is 274 g/mol. The van der Waals surface area contributed by atoms with Crippen LogP contribution in [0.25, 0.3) is 0 Å². The van der Waals surface area contributed by atoms with Crippen LogP contribution in [0, 0.1) is 0 Å². The highest BCUT2D eigenvalue weighted by Crippen LogP contribution is 2.28. The van der Waals surface area contributed by atoms with Gasteiger partial charge in [-0.3, -0.25) is 9.59 Å². The number of rotatable bonds is 9. The Morgan fingerprint density at radius 2 is 2.05 bits per heavy atom. The Labute approximate surface area is 124 Å². The van der Waals surface area contributed by atoms with Gasteiger partial charge in [-0.2, -0.15) is 0 Å². The first kappa shape index (κ1) is 16.8. The molecule has 2 N–H and O–H groups in total. The zero-order valence-corrected chi connectivity index (χ0v) is 12.3. The number of nitrogens with one attached hydrogen (secondary N) is 1. The summed E-state index contributed by atoms with van der Waals surface area (Å²) < 4.78 is 10.8. The molecule has 0 saturated heterocycles. The van der Waals surface area contributed by atoms with Gasteiger partial charge in [-0.15, -0.1) is 0 Å². The second-order valence-corrected chi connectivity index (χ2v) is 4.50. The van der Waals surface area contributed by atoms with Crippen LogP contribution in [-0.2, 0) is 16.0 Å². The van der Waals surface area contributed by atoms with Gasteiger partial charge in [0.25, 0.3) is 0 Å². The van der Waals surface area contributed by atoms with Crippen molar-refractivity contribution in [1.29, 1.82) is 0 Å². The lowest BCUT2D eigenvalue weighted by Gasteiger charge is -2.11. The Bertz CT molecular complexity index is 487. The van der Waals surface area contributed by atoms with Crippen molar-refractivity contribution in [3.8, 4) is 11.5 Å². The highest BCUT2D eigenvalue weighted by atomic mass is 16.5. The Hall–Kier alpha value is -2.24. The van der Waals surface area contributed by atoms with Gasteiger partial charge >= 0.3 is 5.97 Å². The van der Waals surface area contributed by atoms with Gasteiger partial charge in [0.1, 0.15) is 6.54 Å². The largest absolute Gasteiger partial charge is 0.493 e. The van der Waals surface area contributed by atoms with Crippen molar-refractivity contribution in [2.45, 2.75) is 26.2 Å². The molecule has 0 aromatic heterocycles. The predicted molar refractivity (Wildman–Crippen MR) is 77.7 cm³/mol. The van der Waals surface area contributed by atoms with Gasteiger partial charge in [-0.25, -0.2) is 0 Å². The number of ether oxygens (including phenoxy) is 2. The average Bonchev–Trinajstić information content (AvgIpc) is 2.49. The van der Waals surface area contributed by atoms with Crippen LogP contribution in [0.2, 0.25) is 0 Å². The van der Waals surface area contributed by atoms with Gasteiger partial charge in [0, 0.05) is 6.42 Å². The second-order valence-electron chi connectivity index (χ2n) is 4.50. The van der Waals surface area contributed by atoms with E-state index in [9.17, 15) is 9.59 Å². The summed E-state index contributed by atoms with van der Waals surface area (Å²) in [5, 5.41) is 10.8. The Morgan fingerprint density at radius 3 is 2.67 bits per heavy atom. The monoisotopic (exact) mass is 295 g/mol. The molecule has 0 fully saturated rings. The third-order valence-electron chi connectivity index (χ3n) is 2.77. The molecule has 0 heterocycles. The molecule has 0 aliphatic heterocycles. The van der Waals surface area contributed by atoms with Crippen molar-refractivity contribution in [1.82, 2.24) is 5.32 Å². The van der Waals surface area contributed by atoms with E-state index in [1.165, 1.54) is 0 Å². The van der Waals surface area contributed by atoms with E-state index >= 15 is 0 Å². The summed E-state index contributed by atoms with van der Waals surface area (Å²) in [6.45, 7) is 2.29. The molecule has 0 unspecified atom stereocenters. The summed E-state index contributed by atoms with van der Waals surface area (Å²) in [6.07, 6.45) is 1.65. The minimum absolute atomic E-state index is 0.228. The van der Waals surface area contributed by atoms with E-state index in [2.05, 4.69) is 5.32 Å². The highest BCUT2D eigenvalue weighted by Gasteiger charge is 2.08. The van der Waals surface area contributed by atoms with Crippen LogP contribution in [0.15, 0.2) is 18.2 Å². The third-order valence-corrected chi connectivity index (χ3v) is 2.77. The molecule has 0 radical (unpaired) electrons. The van der Waals surface area contributed by atoms with E-state index in [1.807, 2.05) is 25.1 Å². The fourth-order valence-electron chi connectivity index (χ4n) is 1.72. The van der Waals surface area contributed by atoms with E-state index in [0.29, 0.717) is 24.5 Å². The molecule has 116 valence electrons. The summed E-state index contributed by atoms with van der Waals surface area (Å²) >= 11 is 0. The minimum Gasteiger partial charge on any atom is -0.493 e. The van der Waals surface area contributed by atoms with Gasteiger partial charge < -0.3 is 19.9 Å². The maximum Gasteiger partial charge on any atom is 0.322 e. The van der Waals surface area contributed by atoms with Gasteiger partial charge in [-0.1, -0.05) is 13.0 Å². The van der Waals surface area contributed by atoms with Crippen LogP contribution in [0.5, 0.6) is 11.5 Å². The molecule has 1 aromatic rings. The topological polar surface area (TPSA) is 84.9 Å². The van der Waals surface area contributed by atoms with Crippen LogP contribution < -0.4 is 14.8 Å². The molecule has 21 heavy (non-hydrogen) atoms. The van der Waals surface area contributed by atoms with Crippen molar-refractivity contribution < 1.29 is 24.2 Å². The van der Waals surface area contributed by atoms with Crippen molar-refractivity contribution in [2.75, 3.05) is 20.3 Å². The van der Waals surface area contributed by atoms with E-state index in [0.717, 1.165) is 12.0 Å². The number of aryl methyl sites for hydroxylation is 1. The molecule has 0 atom stereocenters.